The van der Waals surface area contributed by atoms with Gasteiger partial charge in [0.15, 0.2) is 0 Å². The number of nitrogens with zero attached hydrogens (tertiary/aromatic N) is 3. The Kier molecular flexibility index (Phi) is 3.09. The third-order valence-corrected chi connectivity index (χ3v) is 4.29. The van der Waals surface area contributed by atoms with Gasteiger partial charge in [0, 0.05) is 6.07 Å². The minimum Gasteiger partial charge on any atom is -0.374 e. The molecule has 0 aliphatic carbocycles. The van der Waals surface area contributed by atoms with E-state index in [2.05, 4.69) is 20.1 Å². The summed E-state index contributed by atoms with van der Waals surface area (Å²) in [6.45, 7) is 1.75. The van der Waals surface area contributed by atoms with Crippen molar-refractivity contribution in [3.63, 3.8) is 0 Å². The molecule has 17 heavy (non-hydrogen) atoms. The normalized spacial score (nSPS) is 11.8. The van der Waals surface area contributed by atoms with Crippen molar-refractivity contribution < 1.29 is 12.9 Å². The van der Waals surface area contributed by atoms with Crippen LogP contribution >= 0.6 is 11.3 Å². The highest BCUT2D eigenvalue weighted by molar-refractivity contribution is 7.91. The number of hydrogen-bond acceptors (Lipinski definition) is 8. The summed E-state index contributed by atoms with van der Waals surface area (Å²) >= 11 is 0.796. The van der Waals surface area contributed by atoms with Crippen molar-refractivity contribution in [1.82, 2.24) is 20.1 Å². The van der Waals surface area contributed by atoms with E-state index in [1.54, 1.807) is 13.0 Å². The fraction of sp³-hybridized carbons (Fsp3) is 0.286. The van der Waals surface area contributed by atoms with Crippen molar-refractivity contribution in [1.29, 1.82) is 0 Å². The van der Waals surface area contributed by atoms with Crippen LogP contribution in [0.1, 0.15) is 11.5 Å². The molecule has 3 N–H and O–H groups in total. The first-order valence-electron chi connectivity index (χ1n) is 4.48. The molecule has 0 saturated heterocycles. The molecular formula is C7H9N5O3S2. The minimum absolute atomic E-state index is 0.0269. The number of nitrogen functional groups attached to an aromatic ring is 1. The average Bonchev–Trinajstić information content (AvgIpc) is 2.85. The molecule has 2 heterocycles. The lowest BCUT2D eigenvalue weighted by Crippen LogP contribution is -2.23. The number of nitrogens with one attached hydrogen (secondary N) is 1. The fourth-order valence-corrected chi connectivity index (χ4v) is 2.88. The summed E-state index contributed by atoms with van der Waals surface area (Å²) in [5, 5.41) is 10.6. The van der Waals surface area contributed by atoms with Crippen LogP contribution in [-0.2, 0) is 16.6 Å². The van der Waals surface area contributed by atoms with Gasteiger partial charge in [0.25, 0.3) is 10.0 Å². The summed E-state index contributed by atoms with van der Waals surface area (Å²) in [7, 11) is -3.70. The summed E-state index contributed by atoms with van der Waals surface area (Å²) in [5.74, 6) is 0.611. The predicted molar refractivity (Wildman–Crippen MR) is 59.6 cm³/mol. The Labute approximate surface area is 101 Å². The van der Waals surface area contributed by atoms with Crippen LogP contribution in [0.3, 0.4) is 0 Å². The number of rotatable bonds is 4. The van der Waals surface area contributed by atoms with Gasteiger partial charge in [-0.2, -0.15) is 0 Å². The second-order valence-corrected chi connectivity index (χ2v) is 6.11. The monoisotopic (exact) mass is 275 g/mol. The smallest absolute Gasteiger partial charge is 0.270 e. The van der Waals surface area contributed by atoms with Gasteiger partial charge >= 0.3 is 0 Å². The molecule has 0 amide bonds. The molecule has 0 aromatic carbocycles. The molecule has 0 radical (unpaired) electrons. The van der Waals surface area contributed by atoms with Crippen LogP contribution < -0.4 is 10.5 Å². The minimum atomic E-state index is -3.70. The molecule has 0 bridgehead atoms. The standard InChI is InChI=1S/C7H9N5O3S2/c1-4-2-5(12-15-4)3-9-17(13,14)7-11-10-6(8)16-7/h2,9H,3H2,1H3,(H2,8,10). The molecule has 0 aliphatic heterocycles. The maximum Gasteiger partial charge on any atom is 0.270 e. The zero-order chi connectivity index (χ0) is 12.5. The number of anilines is 1. The quantitative estimate of drug-likeness (QED) is 0.798. The summed E-state index contributed by atoms with van der Waals surface area (Å²) in [6, 6.07) is 1.64. The molecule has 2 aromatic rings. The molecule has 0 saturated carbocycles. The highest BCUT2D eigenvalue weighted by atomic mass is 32.2. The Hall–Kier alpha value is -1.52. The predicted octanol–water partition coefficient (Wildman–Crippen LogP) is -0.105. The molecule has 10 heteroatoms. The number of nitrogens with two attached hydrogens (primary N) is 1. The number of aromatic nitrogens is 3. The van der Waals surface area contributed by atoms with E-state index in [4.69, 9.17) is 10.3 Å². The van der Waals surface area contributed by atoms with Crippen molar-refractivity contribution in [2.75, 3.05) is 5.73 Å². The van der Waals surface area contributed by atoms with Gasteiger partial charge < -0.3 is 10.3 Å². The van der Waals surface area contributed by atoms with Crippen LogP contribution in [0.4, 0.5) is 5.13 Å². The van der Waals surface area contributed by atoms with Gasteiger partial charge in [-0.05, 0) is 6.92 Å². The van der Waals surface area contributed by atoms with Crippen molar-refractivity contribution in [3.8, 4) is 0 Å². The Balaban J connectivity index is 2.08. The molecule has 2 rings (SSSR count). The Morgan fingerprint density at radius 1 is 1.53 bits per heavy atom. The molecule has 0 atom stereocenters. The van der Waals surface area contributed by atoms with Gasteiger partial charge in [-0.15, -0.1) is 10.2 Å². The van der Waals surface area contributed by atoms with Crippen LogP contribution in [0.5, 0.6) is 0 Å². The third kappa shape index (κ3) is 2.78. The molecule has 0 fully saturated rings. The Morgan fingerprint density at radius 3 is 2.82 bits per heavy atom. The maximum atomic E-state index is 11.7. The van der Waals surface area contributed by atoms with Gasteiger partial charge in [0.2, 0.25) is 9.47 Å². The molecular weight excluding hydrogens is 266 g/mol. The number of sulfonamides is 1. The fourth-order valence-electron chi connectivity index (χ4n) is 1.06. The van der Waals surface area contributed by atoms with Crippen LogP contribution in [-0.4, -0.2) is 23.8 Å². The van der Waals surface area contributed by atoms with E-state index in [1.165, 1.54) is 0 Å². The zero-order valence-corrected chi connectivity index (χ0v) is 10.4. The molecule has 2 aromatic heterocycles. The Morgan fingerprint density at radius 2 is 2.29 bits per heavy atom. The Bertz CT molecular complexity index is 617. The van der Waals surface area contributed by atoms with E-state index in [0.29, 0.717) is 11.5 Å². The zero-order valence-electron chi connectivity index (χ0n) is 8.74. The van der Waals surface area contributed by atoms with Gasteiger partial charge in [0.05, 0.1) is 12.2 Å². The summed E-state index contributed by atoms with van der Waals surface area (Å²) in [4.78, 5) is 0. The molecule has 0 unspecified atom stereocenters. The van der Waals surface area contributed by atoms with Crippen LogP contribution in [0, 0.1) is 6.92 Å². The van der Waals surface area contributed by atoms with E-state index < -0.39 is 10.0 Å². The van der Waals surface area contributed by atoms with E-state index in [0.717, 1.165) is 11.3 Å². The van der Waals surface area contributed by atoms with E-state index in [-0.39, 0.29) is 16.0 Å². The van der Waals surface area contributed by atoms with Gasteiger partial charge in [-0.3, -0.25) is 0 Å². The van der Waals surface area contributed by atoms with Gasteiger partial charge in [-0.25, -0.2) is 13.1 Å². The van der Waals surface area contributed by atoms with Crippen molar-refractivity contribution in [2.24, 2.45) is 0 Å². The average molecular weight is 275 g/mol. The largest absolute Gasteiger partial charge is 0.374 e. The van der Waals surface area contributed by atoms with Gasteiger partial charge in [0.1, 0.15) is 5.76 Å². The second-order valence-electron chi connectivity index (χ2n) is 3.16. The van der Waals surface area contributed by atoms with Crippen LogP contribution in [0.15, 0.2) is 14.9 Å². The highest BCUT2D eigenvalue weighted by Crippen LogP contribution is 2.16. The first kappa shape index (κ1) is 12.0. The second kappa shape index (κ2) is 4.39. The number of aryl methyl sites for hydroxylation is 1. The van der Waals surface area contributed by atoms with Crippen LogP contribution in [0.2, 0.25) is 0 Å². The first-order valence-corrected chi connectivity index (χ1v) is 6.78. The summed E-state index contributed by atoms with van der Waals surface area (Å²) in [5.41, 5.74) is 5.80. The maximum absolute atomic E-state index is 11.7. The number of hydrogen-bond donors (Lipinski definition) is 2. The molecule has 0 spiro atoms. The first-order chi connectivity index (χ1) is 7.97. The highest BCUT2D eigenvalue weighted by Gasteiger charge is 2.19. The van der Waals surface area contributed by atoms with Crippen LogP contribution in [0.25, 0.3) is 0 Å². The van der Waals surface area contributed by atoms with Crippen molar-refractivity contribution >= 4 is 26.5 Å². The lowest BCUT2D eigenvalue weighted by molar-refractivity contribution is 0.390. The van der Waals surface area contributed by atoms with E-state index in [1.807, 2.05) is 0 Å². The SMILES string of the molecule is Cc1cc(CNS(=O)(=O)c2nnc(N)s2)no1. The van der Waals surface area contributed by atoms with Crippen molar-refractivity contribution in [3.05, 3.63) is 17.5 Å². The van der Waals surface area contributed by atoms with Crippen molar-refractivity contribution in [2.45, 2.75) is 17.8 Å². The molecule has 0 aliphatic rings. The molecule has 92 valence electrons. The lowest BCUT2D eigenvalue weighted by Gasteiger charge is -1.99. The van der Waals surface area contributed by atoms with E-state index >= 15 is 0 Å². The summed E-state index contributed by atoms with van der Waals surface area (Å²) in [6.07, 6.45) is 0. The molecule has 8 nitrogen and oxygen atoms in total. The lowest BCUT2D eigenvalue weighted by atomic mass is 10.4. The van der Waals surface area contributed by atoms with E-state index in [9.17, 15) is 8.42 Å². The summed E-state index contributed by atoms with van der Waals surface area (Å²) < 4.78 is 30.4. The third-order valence-electron chi connectivity index (χ3n) is 1.77. The topological polar surface area (TPSA) is 124 Å². The van der Waals surface area contributed by atoms with Gasteiger partial charge in [-0.1, -0.05) is 16.5 Å².